The summed E-state index contributed by atoms with van der Waals surface area (Å²) in [5.41, 5.74) is 11.9. The minimum Gasteiger partial charge on any atom is -0.463 e. The summed E-state index contributed by atoms with van der Waals surface area (Å²) in [6.07, 6.45) is 1.73. The average Bonchev–Trinajstić information content (AvgIpc) is 3.39. The Kier molecular flexibility index (Phi) is 7.55. The summed E-state index contributed by atoms with van der Waals surface area (Å²) >= 11 is 1.48. The Morgan fingerprint density at radius 3 is 2.31 bits per heavy atom. The average molecular weight is 504 g/mol. The van der Waals surface area contributed by atoms with Crippen LogP contribution in [0.2, 0.25) is 0 Å². The van der Waals surface area contributed by atoms with Crippen LogP contribution in [0.5, 0.6) is 0 Å². The number of aromatic nitrogens is 1. The van der Waals surface area contributed by atoms with E-state index in [1.165, 1.54) is 11.3 Å². The number of rotatable bonds is 7. The van der Waals surface area contributed by atoms with E-state index in [1.807, 2.05) is 61.7 Å². The Balaban J connectivity index is 2.02. The minimum absolute atomic E-state index is 0.211. The van der Waals surface area contributed by atoms with E-state index in [-0.39, 0.29) is 19.3 Å². The molecular formula is C28H29N3O4S. The molecule has 3 aromatic rings. The van der Waals surface area contributed by atoms with Crippen LogP contribution in [-0.2, 0) is 19.1 Å². The number of nitrogens with zero attached hydrogens (tertiary/aromatic N) is 1. The van der Waals surface area contributed by atoms with Gasteiger partial charge in [0.05, 0.1) is 30.4 Å². The Labute approximate surface area is 214 Å². The number of nitrogen functional groups attached to an aromatic ring is 1. The van der Waals surface area contributed by atoms with Crippen molar-refractivity contribution < 1.29 is 19.1 Å². The summed E-state index contributed by atoms with van der Waals surface area (Å²) in [5.74, 6) is -0.978. The van der Waals surface area contributed by atoms with E-state index < -0.39 is 11.9 Å². The van der Waals surface area contributed by atoms with E-state index >= 15 is 0 Å². The second-order valence-corrected chi connectivity index (χ2v) is 9.21. The molecule has 0 radical (unpaired) electrons. The predicted octanol–water partition coefficient (Wildman–Crippen LogP) is 5.20. The van der Waals surface area contributed by atoms with Crippen molar-refractivity contribution in [3.63, 3.8) is 0 Å². The summed E-state index contributed by atoms with van der Waals surface area (Å²) in [7, 11) is 0. The molecule has 7 nitrogen and oxygen atoms in total. The van der Waals surface area contributed by atoms with Crippen molar-refractivity contribution in [1.82, 2.24) is 10.3 Å². The maximum absolute atomic E-state index is 13.2. The molecule has 186 valence electrons. The lowest BCUT2D eigenvalue weighted by atomic mass is 9.83. The number of carbonyl (C=O) groups is 2. The highest BCUT2D eigenvalue weighted by molar-refractivity contribution is 7.13. The smallest absolute Gasteiger partial charge is 0.340 e. The third kappa shape index (κ3) is 4.90. The Hall–Kier alpha value is -3.91. The fraction of sp³-hybridized carbons (Fsp3) is 0.250. The van der Waals surface area contributed by atoms with Gasteiger partial charge in [-0.05, 0) is 62.6 Å². The molecule has 8 heteroatoms. The molecule has 1 atom stereocenters. The van der Waals surface area contributed by atoms with Crippen LogP contribution in [0.25, 0.3) is 27.3 Å². The zero-order chi connectivity index (χ0) is 25.8. The van der Waals surface area contributed by atoms with Crippen LogP contribution >= 0.6 is 11.3 Å². The van der Waals surface area contributed by atoms with Gasteiger partial charge in [-0.2, -0.15) is 0 Å². The molecular weight excluding hydrogens is 474 g/mol. The molecule has 0 fully saturated rings. The highest BCUT2D eigenvalue weighted by Crippen LogP contribution is 2.42. The second-order valence-electron chi connectivity index (χ2n) is 8.32. The van der Waals surface area contributed by atoms with Crippen molar-refractivity contribution in [2.75, 3.05) is 18.9 Å². The summed E-state index contributed by atoms with van der Waals surface area (Å²) in [5, 5.41) is 5.92. The summed E-state index contributed by atoms with van der Waals surface area (Å²) in [4.78, 5) is 31.0. The number of anilines is 1. The fourth-order valence-corrected chi connectivity index (χ4v) is 5.05. The SMILES string of the molecule is CCOC(=O)C1=C(C)NC(C)C(C(=O)OCC)=C1c1ccc(-c2ccc(N)cc2)cc1-c1nccs1. The van der Waals surface area contributed by atoms with Crippen molar-refractivity contribution in [2.24, 2.45) is 0 Å². The maximum Gasteiger partial charge on any atom is 0.340 e. The van der Waals surface area contributed by atoms with Crippen molar-refractivity contribution in [2.45, 2.75) is 33.7 Å². The first-order chi connectivity index (χ1) is 17.3. The number of dihydropyridines is 1. The molecule has 1 aliphatic heterocycles. The molecule has 0 saturated carbocycles. The van der Waals surface area contributed by atoms with Gasteiger partial charge in [-0.3, -0.25) is 0 Å². The van der Waals surface area contributed by atoms with Crippen LogP contribution < -0.4 is 11.1 Å². The van der Waals surface area contributed by atoms with Gasteiger partial charge < -0.3 is 20.5 Å². The van der Waals surface area contributed by atoms with Gasteiger partial charge in [0.25, 0.3) is 0 Å². The van der Waals surface area contributed by atoms with Crippen LogP contribution in [0.4, 0.5) is 5.69 Å². The first-order valence-electron chi connectivity index (χ1n) is 11.8. The molecule has 2 aromatic carbocycles. The summed E-state index contributed by atoms with van der Waals surface area (Å²) < 4.78 is 10.8. The molecule has 2 heterocycles. The van der Waals surface area contributed by atoms with Crippen LogP contribution in [0, 0.1) is 0 Å². The molecule has 1 aliphatic rings. The highest BCUT2D eigenvalue weighted by Gasteiger charge is 2.36. The number of carbonyl (C=O) groups excluding carboxylic acids is 2. The van der Waals surface area contributed by atoms with Gasteiger partial charge in [-0.1, -0.05) is 24.3 Å². The molecule has 0 bridgehead atoms. The number of benzene rings is 2. The van der Waals surface area contributed by atoms with Crippen LogP contribution in [-0.4, -0.2) is 36.2 Å². The van der Waals surface area contributed by atoms with Gasteiger partial charge in [0, 0.05) is 34.1 Å². The van der Waals surface area contributed by atoms with Crippen molar-refractivity contribution >= 4 is 34.5 Å². The standard InChI is InChI=1S/C28H29N3O4S/c1-5-34-27(32)23-16(3)31-17(4)24(28(33)35-6-2)25(23)21-12-9-19(18-7-10-20(29)11-8-18)15-22(21)26-30-13-14-36-26/h7-16,31H,5-6,29H2,1-4H3. The molecule has 36 heavy (non-hydrogen) atoms. The zero-order valence-electron chi connectivity index (χ0n) is 20.8. The maximum atomic E-state index is 13.2. The molecule has 1 aromatic heterocycles. The van der Waals surface area contributed by atoms with Crippen molar-refractivity contribution in [3.05, 3.63) is 76.4 Å². The lowest BCUT2D eigenvalue weighted by Gasteiger charge is -2.30. The Bertz CT molecular complexity index is 1340. The van der Waals surface area contributed by atoms with E-state index in [9.17, 15) is 9.59 Å². The summed E-state index contributed by atoms with van der Waals surface area (Å²) in [6.45, 7) is 7.64. The molecule has 0 amide bonds. The third-order valence-corrected chi connectivity index (χ3v) is 6.74. The quantitative estimate of drug-likeness (QED) is 0.337. The van der Waals surface area contributed by atoms with Crippen LogP contribution in [0.3, 0.4) is 0 Å². The van der Waals surface area contributed by atoms with Gasteiger partial charge >= 0.3 is 11.9 Å². The minimum atomic E-state index is -0.501. The van der Waals surface area contributed by atoms with Gasteiger partial charge in [0.2, 0.25) is 0 Å². The number of hydrogen-bond donors (Lipinski definition) is 2. The van der Waals surface area contributed by atoms with E-state index in [2.05, 4.69) is 10.3 Å². The first-order valence-corrected chi connectivity index (χ1v) is 12.7. The monoisotopic (exact) mass is 503 g/mol. The molecule has 3 N–H and O–H groups in total. The number of nitrogens with two attached hydrogens (primary N) is 1. The van der Waals surface area contributed by atoms with Crippen LogP contribution in [0.15, 0.2) is 70.9 Å². The van der Waals surface area contributed by atoms with Crippen molar-refractivity contribution in [1.29, 1.82) is 0 Å². The molecule has 0 aliphatic carbocycles. The number of hydrogen-bond acceptors (Lipinski definition) is 8. The molecule has 4 rings (SSSR count). The third-order valence-electron chi connectivity index (χ3n) is 5.93. The van der Waals surface area contributed by atoms with E-state index in [0.29, 0.717) is 33.7 Å². The molecule has 1 unspecified atom stereocenters. The topological polar surface area (TPSA) is 104 Å². The van der Waals surface area contributed by atoms with E-state index in [0.717, 1.165) is 21.7 Å². The largest absolute Gasteiger partial charge is 0.463 e. The molecule has 0 saturated heterocycles. The first kappa shape index (κ1) is 25.2. The van der Waals surface area contributed by atoms with Gasteiger partial charge in [-0.15, -0.1) is 11.3 Å². The van der Waals surface area contributed by atoms with E-state index in [1.54, 1.807) is 20.0 Å². The van der Waals surface area contributed by atoms with Gasteiger partial charge in [-0.25, -0.2) is 14.6 Å². The molecule has 0 spiro atoms. The van der Waals surface area contributed by atoms with Gasteiger partial charge in [0.15, 0.2) is 0 Å². The Morgan fingerprint density at radius 1 is 1.00 bits per heavy atom. The number of allylic oxidation sites excluding steroid dienone is 1. The number of thiazole rings is 1. The van der Waals surface area contributed by atoms with Gasteiger partial charge in [0.1, 0.15) is 5.01 Å². The summed E-state index contributed by atoms with van der Waals surface area (Å²) in [6, 6.07) is 13.2. The fourth-order valence-electron chi connectivity index (χ4n) is 4.38. The number of ether oxygens (including phenoxy) is 2. The lowest BCUT2D eigenvalue weighted by Crippen LogP contribution is -2.37. The van der Waals surface area contributed by atoms with E-state index in [4.69, 9.17) is 15.2 Å². The second kappa shape index (κ2) is 10.8. The zero-order valence-corrected chi connectivity index (χ0v) is 21.6. The van der Waals surface area contributed by atoms with Crippen molar-refractivity contribution in [3.8, 4) is 21.7 Å². The normalized spacial score (nSPS) is 15.5. The number of nitrogens with one attached hydrogen (secondary N) is 1. The lowest BCUT2D eigenvalue weighted by molar-refractivity contribution is -0.138. The predicted molar refractivity (Wildman–Crippen MR) is 143 cm³/mol. The Morgan fingerprint density at radius 2 is 1.67 bits per heavy atom. The number of esters is 2. The highest BCUT2D eigenvalue weighted by atomic mass is 32.1. The van der Waals surface area contributed by atoms with Crippen LogP contribution in [0.1, 0.15) is 33.3 Å².